The maximum absolute atomic E-state index is 13.1. The van der Waals surface area contributed by atoms with Crippen molar-refractivity contribution in [2.75, 3.05) is 0 Å². The number of rotatable bonds is 6. The average Bonchev–Trinajstić information content (AvgIpc) is 3.07. The van der Waals surface area contributed by atoms with Gasteiger partial charge in [-0.15, -0.1) is 5.01 Å². The molecular weight excluding hydrogens is 378 g/mol. The lowest BCUT2D eigenvalue weighted by Crippen LogP contribution is -2.43. The fourth-order valence-electron chi connectivity index (χ4n) is 3.33. The molecule has 1 N–H and O–H groups in total. The highest BCUT2D eigenvalue weighted by Gasteiger charge is 2.51. The molecule has 28 heavy (non-hydrogen) atoms. The van der Waals surface area contributed by atoms with Gasteiger partial charge in [0.1, 0.15) is 10.7 Å². The molecule has 0 spiro atoms. The highest BCUT2D eigenvalue weighted by Crippen LogP contribution is 2.32. The Kier molecular flexibility index (Phi) is 5.56. The average molecular weight is 402 g/mol. The normalized spacial score (nSPS) is 19.9. The first kappa shape index (κ1) is 20.1. The maximum atomic E-state index is 13.1. The van der Waals surface area contributed by atoms with E-state index in [1.54, 1.807) is 4.68 Å². The van der Waals surface area contributed by atoms with E-state index < -0.39 is 17.5 Å². The Bertz CT molecular complexity index is 922. The molecule has 0 radical (unpaired) electrons. The standard InChI is InChI=1S/C20H24ClN5O2/c1-5-20(15-9-7-6-8-10-15)18(27)26(19(28)23-20)22-11-16-14(4)24-25(17(16)21)12-13(2)3/h6-11,13H,5,12H2,1-4H3,(H,23,28)/b22-11-/t20-/m0/s1. The lowest BCUT2D eigenvalue weighted by atomic mass is 9.87. The molecule has 0 unspecified atom stereocenters. The first-order chi connectivity index (χ1) is 13.3. The first-order valence-corrected chi connectivity index (χ1v) is 9.67. The number of aryl methyl sites for hydroxylation is 1. The van der Waals surface area contributed by atoms with E-state index in [2.05, 4.69) is 29.4 Å². The minimum absolute atomic E-state index is 0.378. The van der Waals surface area contributed by atoms with Crippen LogP contribution in [0.3, 0.4) is 0 Å². The summed E-state index contributed by atoms with van der Waals surface area (Å²) >= 11 is 6.42. The van der Waals surface area contributed by atoms with E-state index in [1.807, 2.05) is 44.2 Å². The lowest BCUT2D eigenvalue weighted by Gasteiger charge is -2.24. The summed E-state index contributed by atoms with van der Waals surface area (Å²) in [6.07, 6.45) is 1.84. The van der Waals surface area contributed by atoms with E-state index in [1.165, 1.54) is 6.21 Å². The Labute approximate surface area is 169 Å². The molecule has 1 saturated heterocycles. The first-order valence-electron chi connectivity index (χ1n) is 9.29. The number of benzene rings is 1. The van der Waals surface area contributed by atoms with Crippen molar-refractivity contribution in [2.45, 2.75) is 46.2 Å². The van der Waals surface area contributed by atoms with Crippen molar-refractivity contribution in [2.24, 2.45) is 11.0 Å². The van der Waals surface area contributed by atoms with E-state index in [-0.39, 0.29) is 0 Å². The van der Waals surface area contributed by atoms with Gasteiger partial charge in [0.05, 0.1) is 17.5 Å². The van der Waals surface area contributed by atoms with Crippen molar-refractivity contribution in [1.82, 2.24) is 20.1 Å². The van der Waals surface area contributed by atoms with Crippen LogP contribution in [0.25, 0.3) is 0 Å². The van der Waals surface area contributed by atoms with Crippen LogP contribution >= 0.6 is 11.6 Å². The summed E-state index contributed by atoms with van der Waals surface area (Å²) in [5, 5.41) is 12.7. The second-order valence-electron chi connectivity index (χ2n) is 7.28. The van der Waals surface area contributed by atoms with E-state index in [0.29, 0.717) is 35.3 Å². The molecular formula is C20H24ClN5O2. The lowest BCUT2D eigenvalue weighted by molar-refractivity contribution is -0.131. The van der Waals surface area contributed by atoms with Crippen LogP contribution in [0.15, 0.2) is 35.4 Å². The summed E-state index contributed by atoms with van der Waals surface area (Å²) in [5.41, 5.74) is 0.895. The van der Waals surface area contributed by atoms with Crippen LogP contribution in [0.5, 0.6) is 0 Å². The number of carbonyl (C=O) groups excluding carboxylic acids is 2. The zero-order valence-corrected chi connectivity index (χ0v) is 17.2. The molecule has 1 atom stereocenters. The van der Waals surface area contributed by atoms with E-state index in [0.717, 1.165) is 10.6 Å². The van der Waals surface area contributed by atoms with E-state index in [4.69, 9.17) is 11.6 Å². The summed E-state index contributed by atoms with van der Waals surface area (Å²) in [6.45, 7) is 8.49. The molecule has 7 nitrogen and oxygen atoms in total. The summed E-state index contributed by atoms with van der Waals surface area (Å²) in [4.78, 5) is 25.6. The number of aromatic nitrogens is 2. The molecule has 2 aromatic rings. The van der Waals surface area contributed by atoms with Gasteiger partial charge in [0, 0.05) is 6.54 Å². The minimum Gasteiger partial charge on any atom is -0.318 e. The summed E-state index contributed by atoms with van der Waals surface area (Å²) < 4.78 is 1.70. The highest BCUT2D eigenvalue weighted by atomic mass is 35.5. The predicted molar refractivity (Wildman–Crippen MR) is 108 cm³/mol. The molecule has 8 heteroatoms. The van der Waals surface area contributed by atoms with Gasteiger partial charge in [-0.2, -0.15) is 10.2 Å². The molecule has 1 aliphatic rings. The Hall–Kier alpha value is -2.67. The van der Waals surface area contributed by atoms with E-state index >= 15 is 0 Å². The van der Waals surface area contributed by atoms with Gasteiger partial charge in [0.15, 0.2) is 0 Å². The zero-order chi connectivity index (χ0) is 20.5. The van der Waals surface area contributed by atoms with Crippen LogP contribution in [0.2, 0.25) is 5.15 Å². The molecule has 0 aliphatic carbocycles. The van der Waals surface area contributed by atoms with Crippen molar-refractivity contribution in [3.8, 4) is 0 Å². The summed E-state index contributed by atoms with van der Waals surface area (Å²) in [5.74, 6) is -0.0330. The summed E-state index contributed by atoms with van der Waals surface area (Å²) in [6, 6.07) is 8.63. The second kappa shape index (κ2) is 7.75. The molecule has 148 valence electrons. The van der Waals surface area contributed by atoms with Crippen LogP contribution in [0.4, 0.5) is 4.79 Å². The molecule has 1 aliphatic heterocycles. The second-order valence-corrected chi connectivity index (χ2v) is 7.64. The number of urea groups is 1. The zero-order valence-electron chi connectivity index (χ0n) is 16.4. The third kappa shape index (κ3) is 3.42. The molecule has 2 heterocycles. The van der Waals surface area contributed by atoms with Gasteiger partial charge in [-0.25, -0.2) is 4.79 Å². The van der Waals surface area contributed by atoms with Crippen LogP contribution < -0.4 is 5.32 Å². The monoisotopic (exact) mass is 401 g/mol. The number of nitrogens with one attached hydrogen (secondary N) is 1. The number of imide groups is 1. The number of carbonyl (C=O) groups is 2. The number of hydrogen-bond acceptors (Lipinski definition) is 4. The number of hydrogen-bond donors (Lipinski definition) is 1. The maximum Gasteiger partial charge on any atom is 0.346 e. The summed E-state index contributed by atoms with van der Waals surface area (Å²) in [7, 11) is 0. The highest BCUT2D eigenvalue weighted by molar-refractivity contribution is 6.32. The molecule has 1 aromatic heterocycles. The fraction of sp³-hybridized carbons (Fsp3) is 0.400. The molecule has 0 bridgehead atoms. The number of amides is 3. The van der Waals surface area contributed by atoms with Crippen LogP contribution in [0, 0.1) is 12.8 Å². The smallest absolute Gasteiger partial charge is 0.318 e. The SMILES string of the molecule is CC[C@@]1(c2ccccc2)NC(=O)N(/N=C\c2c(C)nn(CC(C)C)c2Cl)C1=O. The van der Waals surface area contributed by atoms with Crippen LogP contribution in [0.1, 0.15) is 44.0 Å². The Balaban J connectivity index is 1.91. The molecule has 3 amide bonds. The molecule has 1 fully saturated rings. The largest absolute Gasteiger partial charge is 0.346 e. The van der Waals surface area contributed by atoms with Crippen molar-refractivity contribution >= 4 is 29.8 Å². The van der Waals surface area contributed by atoms with Crippen molar-refractivity contribution < 1.29 is 9.59 Å². The van der Waals surface area contributed by atoms with Crippen molar-refractivity contribution in [3.63, 3.8) is 0 Å². The molecule has 1 aromatic carbocycles. The topological polar surface area (TPSA) is 79.6 Å². The third-order valence-corrected chi connectivity index (χ3v) is 5.22. The van der Waals surface area contributed by atoms with Crippen molar-refractivity contribution in [3.05, 3.63) is 52.3 Å². The quantitative estimate of drug-likeness (QED) is 0.592. The van der Waals surface area contributed by atoms with Crippen LogP contribution in [-0.2, 0) is 16.9 Å². The van der Waals surface area contributed by atoms with Gasteiger partial charge in [0.25, 0.3) is 5.91 Å². The Morgan fingerprint density at radius 3 is 2.57 bits per heavy atom. The van der Waals surface area contributed by atoms with Gasteiger partial charge in [0.2, 0.25) is 0 Å². The number of nitrogens with zero attached hydrogens (tertiary/aromatic N) is 4. The van der Waals surface area contributed by atoms with Gasteiger partial charge < -0.3 is 5.32 Å². The van der Waals surface area contributed by atoms with Crippen LogP contribution in [-0.4, -0.2) is 32.9 Å². The van der Waals surface area contributed by atoms with Crippen molar-refractivity contribution in [1.29, 1.82) is 0 Å². The Morgan fingerprint density at radius 2 is 1.96 bits per heavy atom. The number of halogens is 1. The molecule has 3 rings (SSSR count). The van der Waals surface area contributed by atoms with Gasteiger partial charge in [-0.3, -0.25) is 9.48 Å². The molecule has 0 saturated carbocycles. The van der Waals surface area contributed by atoms with E-state index in [9.17, 15) is 9.59 Å². The fourth-order valence-corrected chi connectivity index (χ4v) is 3.62. The van der Waals surface area contributed by atoms with Gasteiger partial charge >= 0.3 is 6.03 Å². The number of hydrazone groups is 1. The van der Waals surface area contributed by atoms with Gasteiger partial charge in [-0.1, -0.05) is 62.7 Å². The Morgan fingerprint density at radius 1 is 1.29 bits per heavy atom. The predicted octanol–water partition coefficient (Wildman–Crippen LogP) is 3.69. The van der Waals surface area contributed by atoms with Gasteiger partial charge in [-0.05, 0) is 24.8 Å². The third-order valence-electron chi connectivity index (χ3n) is 4.82. The minimum atomic E-state index is -1.11.